The van der Waals surface area contributed by atoms with Crippen molar-refractivity contribution in [1.82, 2.24) is 10.3 Å². The fourth-order valence-corrected chi connectivity index (χ4v) is 3.82. The number of aromatic nitrogens is 1. The summed E-state index contributed by atoms with van der Waals surface area (Å²) in [6.45, 7) is 1.01. The van der Waals surface area contributed by atoms with Crippen LogP contribution in [0.4, 0.5) is 0 Å². The first-order valence-corrected chi connectivity index (χ1v) is 9.16. The molecule has 0 bridgehead atoms. The number of hydrogen-bond donors (Lipinski definition) is 2. The largest absolute Gasteiger partial charge is 0.396 e. The normalized spacial score (nSPS) is 17.7. The quantitative estimate of drug-likeness (QED) is 0.777. The van der Waals surface area contributed by atoms with Crippen molar-refractivity contribution in [2.75, 3.05) is 13.2 Å². The van der Waals surface area contributed by atoms with E-state index in [0.29, 0.717) is 12.0 Å². The molecule has 1 aliphatic carbocycles. The molecule has 1 heterocycles. The average Bonchev–Trinajstić information content (AvgIpc) is 3.17. The van der Waals surface area contributed by atoms with Crippen LogP contribution in [0.1, 0.15) is 43.0 Å². The zero-order valence-electron chi connectivity index (χ0n) is 14.3. The van der Waals surface area contributed by atoms with Crippen LogP contribution in [-0.4, -0.2) is 23.2 Å². The molecule has 1 aromatic heterocycles. The molecule has 3 rings (SSSR count). The summed E-state index contributed by atoms with van der Waals surface area (Å²) in [4.78, 5) is 4.39. The lowest BCUT2D eigenvalue weighted by Gasteiger charge is -2.27. The molecular formula is C21H28N2O. The van der Waals surface area contributed by atoms with Crippen molar-refractivity contribution in [3.8, 4) is 0 Å². The van der Waals surface area contributed by atoms with Crippen LogP contribution in [0.5, 0.6) is 0 Å². The van der Waals surface area contributed by atoms with E-state index in [9.17, 15) is 5.11 Å². The van der Waals surface area contributed by atoms with Gasteiger partial charge in [-0.25, -0.2) is 0 Å². The predicted molar refractivity (Wildman–Crippen MR) is 97.7 cm³/mol. The summed E-state index contributed by atoms with van der Waals surface area (Å²) in [6.07, 6.45) is 7.92. The number of pyridine rings is 1. The van der Waals surface area contributed by atoms with E-state index in [4.69, 9.17) is 0 Å². The van der Waals surface area contributed by atoms with Crippen molar-refractivity contribution in [1.29, 1.82) is 0 Å². The van der Waals surface area contributed by atoms with Crippen LogP contribution in [-0.2, 0) is 6.42 Å². The summed E-state index contributed by atoms with van der Waals surface area (Å²) < 4.78 is 0. The molecule has 1 aromatic carbocycles. The Bertz CT molecular complexity index is 581. The highest BCUT2D eigenvalue weighted by molar-refractivity contribution is 5.20. The molecule has 1 saturated carbocycles. The molecule has 24 heavy (non-hydrogen) atoms. The van der Waals surface area contributed by atoms with E-state index in [1.54, 1.807) is 0 Å². The molecule has 2 aromatic rings. The Labute approximate surface area is 145 Å². The van der Waals surface area contributed by atoms with E-state index < -0.39 is 0 Å². The molecule has 0 radical (unpaired) electrons. The second kappa shape index (κ2) is 8.95. The second-order valence-electron chi connectivity index (χ2n) is 6.91. The van der Waals surface area contributed by atoms with Crippen LogP contribution < -0.4 is 5.32 Å². The van der Waals surface area contributed by atoms with E-state index >= 15 is 0 Å². The lowest BCUT2D eigenvalue weighted by Crippen LogP contribution is -2.33. The Morgan fingerprint density at radius 3 is 2.46 bits per heavy atom. The third-order valence-corrected chi connectivity index (χ3v) is 5.14. The molecule has 0 spiro atoms. The number of aliphatic hydroxyl groups excluding tert-OH is 1. The lowest BCUT2D eigenvalue weighted by atomic mass is 9.91. The minimum Gasteiger partial charge on any atom is -0.396 e. The van der Waals surface area contributed by atoms with Gasteiger partial charge in [0, 0.05) is 31.1 Å². The molecular weight excluding hydrogens is 296 g/mol. The first-order valence-electron chi connectivity index (χ1n) is 9.16. The maximum Gasteiger partial charge on any atom is 0.0475 e. The number of rotatable bonds is 8. The van der Waals surface area contributed by atoms with Gasteiger partial charge in [0.05, 0.1) is 0 Å². The molecule has 2 unspecified atom stereocenters. The van der Waals surface area contributed by atoms with Gasteiger partial charge in [-0.05, 0) is 48.8 Å². The molecule has 1 aliphatic rings. The number of hydrogen-bond acceptors (Lipinski definition) is 3. The van der Waals surface area contributed by atoms with Crippen molar-refractivity contribution in [2.45, 2.75) is 38.1 Å². The number of nitrogens with zero attached hydrogens (tertiary/aromatic N) is 1. The van der Waals surface area contributed by atoms with Crippen molar-refractivity contribution in [3.05, 3.63) is 66.0 Å². The maximum absolute atomic E-state index is 9.77. The third-order valence-electron chi connectivity index (χ3n) is 5.14. The summed E-state index contributed by atoms with van der Waals surface area (Å²) in [5, 5.41) is 13.5. The van der Waals surface area contributed by atoms with Crippen molar-refractivity contribution < 1.29 is 5.11 Å². The van der Waals surface area contributed by atoms with Crippen LogP contribution in [0.25, 0.3) is 0 Å². The van der Waals surface area contributed by atoms with E-state index in [0.717, 1.165) is 18.7 Å². The van der Waals surface area contributed by atoms with Crippen molar-refractivity contribution in [2.24, 2.45) is 11.8 Å². The fraction of sp³-hybridized carbons (Fsp3) is 0.476. The lowest BCUT2D eigenvalue weighted by molar-refractivity contribution is 0.211. The van der Waals surface area contributed by atoms with Gasteiger partial charge in [-0.15, -0.1) is 0 Å². The third kappa shape index (κ3) is 4.65. The summed E-state index contributed by atoms with van der Waals surface area (Å²) in [6, 6.07) is 17.1. The first kappa shape index (κ1) is 17.1. The zero-order valence-corrected chi connectivity index (χ0v) is 14.3. The van der Waals surface area contributed by atoms with Gasteiger partial charge in [0.15, 0.2) is 0 Å². The summed E-state index contributed by atoms with van der Waals surface area (Å²) in [5.41, 5.74) is 2.43. The van der Waals surface area contributed by atoms with Gasteiger partial charge in [0.2, 0.25) is 0 Å². The van der Waals surface area contributed by atoms with Crippen LogP contribution in [0.3, 0.4) is 0 Å². The Hall–Kier alpha value is -1.71. The average molecular weight is 324 g/mol. The van der Waals surface area contributed by atoms with Gasteiger partial charge in [-0.3, -0.25) is 4.98 Å². The highest BCUT2D eigenvalue weighted by Gasteiger charge is 2.26. The minimum atomic E-state index is 0.190. The standard InChI is InChI=1S/C21H28N2O/c24-16-17(14-20-12-6-7-13-22-20)15-23-21(19-10-4-5-11-19)18-8-2-1-3-9-18/h1-3,6-9,12-13,17,19,21,23-24H,4-5,10-11,14-16H2. The van der Waals surface area contributed by atoms with Gasteiger partial charge in [-0.1, -0.05) is 49.2 Å². The highest BCUT2D eigenvalue weighted by atomic mass is 16.3. The molecule has 2 N–H and O–H groups in total. The summed E-state index contributed by atoms with van der Waals surface area (Å²) in [5.74, 6) is 0.911. The second-order valence-corrected chi connectivity index (χ2v) is 6.91. The number of aliphatic hydroxyl groups is 1. The smallest absolute Gasteiger partial charge is 0.0475 e. The molecule has 0 amide bonds. The Morgan fingerprint density at radius 1 is 1.04 bits per heavy atom. The Kier molecular flexibility index (Phi) is 6.39. The molecule has 2 atom stereocenters. The van der Waals surface area contributed by atoms with Crippen LogP contribution in [0.15, 0.2) is 54.7 Å². The zero-order chi connectivity index (χ0) is 16.6. The molecule has 1 fully saturated rings. The minimum absolute atomic E-state index is 0.190. The predicted octanol–water partition coefficient (Wildman–Crippen LogP) is 3.75. The Morgan fingerprint density at radius 2 is 1.79 bits per heavy atom. The van der Waals surface area contributed by atoms with Gasteiger partial charge in [-0.2, -0.15) is 0 Å². The van der Waals surface area contributed by atoms with Crippen LogP contribution in [0.2, 0.25) is 0 Å². The van der Waals surface area contributed by atoms with E-state index in [1.807, 2.05) is 24.4 Å². The molecule has 3 nitrogen and oxygen atoms in total. The first-order chi connectivity index (χ1) is 11.9. The molecule has 0 aliphatic heterocycles. The van der Waals surface area contributed by atoms with Crippen molar-refractivity contribution >= 4 is 0 Å². The number of nitrogens with one attached hydrogen (secondary N) is 1. The highest BCUT2D eigenvalue weighted by Crippen LogP contribution is 2.35. The van der Waals surface area contributed by atoms with Gasteiger partial charge < -0.3 is 10.4 Å². The fourth-order valence-electron chi connectivity index (χ4n) is 3.82. The summed E-state index contributed by atoms with van der Waals surface area (Å²) >= 11 is 0. The van der Waals surface area contributed by atoms with E-state index in [-0.39, 0.29) is 12.5 Å². The van der Waals surface area contributed by atoms with Gasteiger partial charge >= 0.3 is 0 Å². The van der Waals surface area contributed by atoms with E-state index in [1.165, 1.54) is 31.2 Å². The van der Waals surface area contributed by atoms with Crippen LogP contribution >= 0.6 is 0 Å². The molecule has 0 saturated heterocycles. The van der Waals surface area contributed by atoms with Gasteiger partial charge in [0.1, 0.15) is 0 Å². The topological polar surface area (TPSA) is 45.1 Å². The molecule has 128 valence electrons. The van der Waals surface area contributed by atoms with Crippen molar-refractivity contribution in [3.63, 3.8) is 0 Å². The number of benzene rings is 1. The Balaban J connectivity index is 1.63. The van der Waals surface area contributed by atoms with Gasteiger partial charge in [0.25, 0.3) is 0 Å². The molecule has 3 heteroatoms. The van der Waals surface area contributed by atoms with E-state index in [2.05, 4.69) is 40.6 Å². The van der Waals surface area contributed by atoms with Crippen LogP contribution in [0, 0.1) is 11.8 Å². The maximum atomic E-state index is 9.77. The summed E-state index contributed by atoms with van der Waals surface area (Å²) in [7, 11) is 0. The monoisotopic (exact) mass is 324 g/mol. The SMILES string of the molecule is OCC(CNC(c1ccccc1)C1CCCC1)Cc1ccccn1.